The van der Waals surface area contributed by atoms with E-state index in [0.717, 1.165) is 30.4 Å². The number of unbranched alkanes of at least 4 members (excludes halogenated alkanes) is 1. The van der Waals surface area contributed by atoms with Crippen molar-refractivity contribution in [2.75, 3.05) is 0 Å². The molecule has 1 unspecified atom stereocenters. The summed E-state index contributed by atoms with van der Waals surface area (Å²) in [4.78, 5) is 4.41. The van der Waals surface area contributed by atoms with Gasteiger partial charge < -0.3 is 10.2 Å². The number of nitrogens with two attached hydrogens (primary N) is 1. The zero-order chi connectivity index (χ0) is 11.5. The Morgan fingerprint density at radius 2 is 2.25 bits per heavy atom. The molecule has 0 bridgehead atoms. The van der Waals surface area contributed by atoms with Crippen LogP contribution in [0.3, 0.4) is 0 Å². The van der Waals surface area contributed by atoms with Gasteiger partial charge in [-0.3, -0.25) is 0 Å². The van der Waals surface area contributed by atoms with Gasteiger partial charge in [0.15, 0.2) is 5.58 Å². The molecule has 0 aliphatic carbocycles. The van der Waals surface area contributed by atoms with Crippen LogP contribution in [-0.4, -0.2) is 4.98 Å². The zero-order valence-corrected chi connectivity index (χ0v) is 9.86. The fraction of sp³-hybridized carbons (Fsp3) is 0.462. The Labute approximate surface area is 95.7 Å². The molecule has 1 aromatic carbocycles. The Balaban J connectivity index is 2.25. The molecule has 1 aromatic heterocycles. The van der Waals surface area contributed by atoms with Gasteiger partial charge in [-0.05, 0) is 31.0 Å². The average Bonchev–Trinajstić information content (AvgIpc) is 2.68. The molecule has 2 rings (SSSR count). The lowest BCUT2D eigenvalue weighted by molar-refractivity contribution is 0.450. The number of fused-ring (bicyclic) bond motifs is 1. The molecule has 3 heteroatoms. The van der Waals surface area contributed by atoms with Gasteiger partial charge in [-0.15, -0.1) is 0 Å². The number of hydrogen-bond donors (Lipinski definition) is 1. The van der Waals surface area contributed by atoms with Gasteiger partial charge in [0, 0.05) is 0 Å². The molecule has 1 atom stereocenters. The van der Waals surface area contributed by atoms with E-state index >= 15 is 0 Å². The van der Waals surface area contributed by atoms with Crippen LogP contribution in [0.5, 0.6) is 0 Å². The number of oxazole rings is 1. The van der Waals surface area contributed by atoms with Crippen molar-refractivity contribution in [2.45, 2.75) is 39.2 Å². The standard InChI is InChI=1S/C13H18N2O/c1-3-4-5-10(14)13-15-11-7-6-9(2)8-12(11)16-13/h6-8,10H,3-5,14H2,1-2H3. The van der Waals surface area contributed by atoms with Crippen LogP contribution in [0.1, 0.15) is 43.7 Å². The maximum Gasteiger partial charge on any atom is 0.212 e. The first-order chi connectivity index (χ1) is 7.70. The van der Waals surface area contributed by atoms with E-state index in [2.05, 4.69) is 11.9 Å². The van der Waals surface area contributed by atoms with Crippen LogP contribution in [0.2, 0.25) is 0 Å². The van der Waals surface area contributed by atoms with Crippen LogP contribution in [0.15, 0.2) is 22.6 Å². The predicted octanol–water partition coefficient (Wildman–Crippen LogP) is 3.33. The van der Waals surface area contributed by atoms with E-state index in [9.17, 15) is 0 Å². The molecule has 0 aliphatic heterocycles. The van der Waals surface area contributed by atoms with Gasteiger partial charge in [0.2, 0.25) is 5.89 Å². The van der Waals surface area contributed by atoms with Gasteiger partial charge in [0.1, 0.15) is 5.52 Å². The lowest BCUT2D eigenvalue weighted by atomic mass is 10.1. The number of nitrogens with zero attached hydrogens (tertiary/aromatic N) is 1. The van der Waals surface area contributed by atoms with Crippen LogP contribution in [0, 0.1) is 6.92 Å². The summed E-state index contributed by atoms with van der Waals surface area (Å²) >= 11 is 0. The van der Waals surface area contributed by atoms with Crippen molar-refractivity contribution < 1.29 is 4.42 Å². The molecule has 0 spiro atoms. The van der Waals surface area contributed by atoms with Gasteiger partial charge in [-0.2, -0.15) is 0 Å². The molecule has 0 saturated heterocycles. The second-order valence-electron chi connectivity index (χ2n) is 4.27. The second-order valence-corrected chi connectivity index (χ2v) is 4.27. The van der Waals surface area contributed by atoms with Crippen molar-refractivity contribution in [3.8, 4) is 0 Å². The van der Waals surface area contributed by atoms with E-state index < -0.39 is 0 Å². The summed E-state index contributed by atoms with van der Waals surface area (Å²) in [5, 5.41) is 0. The van der Waals surface area contributed by atoms with Crippen LogP contribution in [0.25, 0.3) is 11.1 Å². The molecule has 2 N–H and O–H groups in total. The molecule has 0 aliphatic rings. The molecular weight excluding hydrogens is 200 g/mol. The lowest BCUT2D eigenvalue weighted by Gasteiger charge is -2.04. The number of aromatic nitrogens is 1. The summed E-state index contributed by atoms with van der Waals surface area (Å²) in [6, 6.07) is 5.93. The third kappa shape index (κ3) is 2.25. The number of rotatable bonds is 4. The summed E-state index contributed by atoms with van der Waals surface area (Å²) < 4.78 is 5.67. The summed E-state index contributed by atoms with van der Waals surface area (Å²) in [7, 11) is 0. The van der Waals surface area contributed by atoms with Crippen molar-refractivity contribution in [2.24, 2.45) is 5.73 Å². The van der Waals surface area contributed by atoms with E-state index in [4.69, 9.17) is 10.2 Å². The third-order valence-corrected chi connectivity index (χ3v) is 2.75. The fourth-order valence-electron chi connectivity index (χ4n) is 1.76. The Kier molecular flexibility index (Phi) is 3.25. The normalized spacial score (nSPS) is 13.2. The van der Waals surface area contributed by atoms with Gasteiger partial charge in [-0.25, -0.2) is 4.98 Å². The third-order valence-electron chi connectivity index (χ3n) is 2.75. The molecule has 2 aromatic rings. The highest BCUT2D eigenvalue weighted by atomic mass is 16.3. The first kappa shape index (κ1) is 11.1. The Morgan fingerprint density at radius 3 is 3.00 bits per heavy atom. The lowest BCUT2D eigenvalue weighted by Crippen LogP contribution is -2.10. The first-order valence-corrected chi connectivity index (χ1v) is 5.83. The molecular formula is C13H18N2O. The fourth-order valence-corrected chi connectivity index (χ4v) is 1.76. The maximum absolute atomic E-state index is 6.03. The summed E-state index contributed by atoms with van der Waals surface area (Å²) in [5.41, 5.74) is 8.94. The van der Waals surface area contributed by atoms with E-state index in [-0.39, 0.29) is 6.04 Å². The minimum absolute atomic E-state index is 0.0762. The topological polar surface area (TPSA) is 52.0 Å². The van der Waals surface area contributed by atoms with Crippen molar-refractivity contribution in [3.63, 3.8) is 0 Å². The van der Waals surface area contributed by atoms with E-state index in [1.54, 1.807) is 0 Å². The summed E-state index contributed by atoms with van der Waals surface area (Å²) in [5.74, 6) is 0.661. The highest BCUT2D eigenvalue weighted by molar-refractivity contribution is 5.73. The molecule has 0 radical (unpaired) electrons. The molecule has 16 heavy (non-hydrogen) atoms. The highest BCUT2D eigenvalue weighted by Gasteiger charge is 2.13. The van der Waals surface area contributed by atoms with Crippen LogP contribution in [0.4, 0.5) is 0 Å². The minimum Gasteiger partial charge on any atom is -0.439 e. The predicted molar refractivity (Wildman–Crippen MR) is 65.2 cm³/mol. The SMILES string of the molecule is CCCCC(N)c1nc2ccc(C)cc2o1. The van der Waals surface area contributed by atoms with E-state index in [1.165, 1.54) is 5.56 Å². The van der Waals surface area contributed by atoms with E-state index in [0.29, 0.717) is 5.89 Å². The van der Waals surface area contributed by atoms with Crippen LogP contribution >= 0.6 is 0 Å². The van der Waals surface area contributed by atoms with Gasteiger partial charge >= 0.3 is 0 Å². The summed E-state index contributed by atoms with van der Waals surface area (Å²) in [6.45, 7) is 4.20. The molecule has 1 heterocycles. The quantitative estimate of drug-likeness (QED) is 0.856. The molecule has 0 fully saturated rings. The largest absolute Gasteiger partial charge is 0.439 e. The van der Waals surface area contributed by atoms with E-state index in [1.807, 2.05) is 25.1 Å². The number of hydrogen-bond acceptors (Lipinski definition) is 3. The number of benzene rings is 1. The monoisotopic (exact) mass is 218 g/mol. The van der Waals surface area contributed by atoms with Crippen LogP contribution in [-0.2, 0) is 0 Å². The molecule has 86 valence electrons. The average molecular weight is 218 g/mol. The van der Waals surface area contributed by atoms with Crippen molar-refractivity contribution in [1.29, 1.82) is 0 Å². The molecule has 3 nitrogen and oxygen atoms in total. The zero-order valence-electron chi connectivity index (χ0n) is 9.86. The smallest absolute Gasteiger partial charge is 0.212 e. The maximum atomic E-state index is 6.03. The highest BCUT2D eigenvalue weighted by Crippen LogP contribution is 2.22. The van der Waals surface area contributed by atoms with Gasteiger partial charge in [-0.1, -0.05) is 25.8 Å². The van der Waals surface area contributed by atoms with Gasteiger partial charge in [0.05, 0.1) is 6.04 Å². The van der Waals surface area contributed by atoms with Gasteiger partial charge in [0.25, 0.3) is 0 Å². The Bertz CT molecular complexity index is 476. The van der Waals surface area contributed by atoms with Crippen LogP contribution < -0.4 is 5.73 Å². The second kappa shape index (κ2) is 4.66. The Hall–Kier alpha value is -1.35. The Morgan fingerprint density at radius 1 is 1.44 bits per heavy atom. The molecule has 0 saturated carbocycles. The molecule has 0 amide bonds. The minimum atomic E-state index is -0.0762. The summed E-state index contributed by atoms with van der Waals surface area (Å²) in [6.07, 6.45) is 3.19. The van der Waals surface area contributed by atoms with Crippen molar-refractivity contribution in [3.05, 3.63) is 29.7 Å². The first-order valence-electron chi connectivity index (χ1n) is 5.83. The van der Waals surface area contributed by atoms with Crippen molar-refractivity contribution in [1.82, 2.24) is 4.98 Å². The van der Waals surface area contributed by atoms with Crippen molar-refractivity contribution >= 4 is 11.1 Å². The number of aryl methyl sites for hydroxylation is 1.